The van der Waals surface area contributed by atoms with Crippen molar-refractivity contribution in [2.45, 2.75) is 133 Å². The van der Waals surface area contributed by atoms with Crippen LogP contribution in [0.1, 0.15) is 89.5 Å². The van der Waals surface area contributed by atoms with Crippen molar-refractivity contribution in [3.63, 3.8) is 0 Å². The van der Waals surface area contributed by atoms with Gasteiger partial charge >= 0.3 is 0 Å². The molecule has 0 saturated carbocycles. The number of hydrogen-bond donors (Lipinski definition) is 4. The molecule has 1 fully saturated rings. The molecule has 0 aliphatic carbocycles. The Labute approximate surface area is 256 Å². The summed E-state index contributed by atoms with van der Waals surface area (Å²) in [6.07, 6.45) is 11.0. The molecule has 1 aliphatic rings. The van der Waals surface area contributed by atoms with Crippen molar-refractivity contribution in [1.29, 1.82) is 0 Å². The second-order valence-corrected chi connectivity index (χ2v) is 11.2. The topological polar surface area (TPSA) is 167 Å². The van der Waals surface area contributed by atoms with Gasteiger partial charge in [-0.1, -0.05) is 101 Å². The zero-order valence-electron chi connectivity index (χ0n) is 25.9. The maximum Gasteiger partial charge on any atom is 0.186 e. The highest BCUT2D eigenvalue weighted by Gasteiger charge is 2.44. The van der Waals surface area contributed by atoms with E-state index in [0.29, 0.717) is 0 Å². The summed E-state index contributed by atoms with van der Waals surface area (Å²) in [5, 5.41) is 43.8. The number of hydrogen-bond acceptors (Lipinski definition) is 9. The van der Waals surface area contributed by atoms with Gasteiger partial charge in [0.05, 0.1) is 39.1 Å². The Bertz CT molecular complexity index is 926. The Kier molecular flexibility index (Phi) is 19.2. The number of aliphatic hydroxyl groups is 4. The van der Waals surface area contributed by atoms with Gasteiger partial charge in [-0.2, -0.15) is 0 Å². The second kappa shape index (κ2) is 22.3. The van der Waals surface area contributed by atoms with Gasteiger partial charge in [0.1, 0.15) is 30.2 Å². The minimum Gasteiger partial charge on any atom is -0.497 e. The Balaban J connectivity index is 1.92. The van der Waals surface area contributed by atoms with Gasteiger partial charge in [0.25, 0.3) is 0 Å². The third-order valence-corrected chi connectivity index (χ3v) is 7.76. The average molecular weight is 608 g/mol. The molecule has 0 bridgehead atoms. The van der Waals surface area contributed by atoms with Crippen molar-refractivity contribution >= 4 is 0 Å². The van der Waals surface area contributed by atoms with E-state index in [1.54, 1.807) is 7.11 Å². The fourth-order valence-corrected chi connectivity index (χ4v) is 5.02. The summed E-state index contributed by atoms with van der Waals surface area (Å²) < 4.78 is 22.5. The lowest BCUT2D eigenvalue weighted by Crippen LogP contribution is -2.59. The van der Waals surface area contributed by atoms with Crippen LogP contribution in [0.4, 0.5) is 0 Å². The van der Waals surface area contributed by atoms with E-state index in [2.05, 4.69) is 16.9 Å². The predicted molar refractivity (Wildman–Crippen MR) is 164 cm³/mol. The molecular weight excluding hydrogens is 554 g/mol. The lowest BCUT2D eigenvalue weighted by molar-refractivity contribution is -0.302. The van der Waals surface area contributed by atoms with Gasteiger partial charge in [-0.25, -0.2) is 0 Å². The Hall–Kier alpha value is -2.21. The molecular formula is C32H53N3O8. The zero-order chi connectivity index (χ0) is 31.3. The van der Waals surface area contributed by atoms with Crippen molar-refractivity contribution in [3.8, 4) is 5.75 Å². The number of unbranched alkanes of at least 4 members (excludes halogenated alkanes) is 11. The highest BCUT2D eigenvalue weighted by molar-refractivity contribution is 5.26. The maximum absolute atomic E-state index is 10.3. The molecule has 7 atom stereocenters. The molecule has 244 valence electrons. The van der Waals surface area contributed by atoms with E-state index >= 15 is 0 Å². The van der Waals surface area contributed by atoms with Crippen LogP contribution < -0.4 is 4.74 Å². The standard InChI is InChI=1S/C32H53N3O8/c1-3-4-5-6-7-8-9-10-11-12-13-14-15-16-27(41-22-24-17-19-25(40-2)20-18-24)26(34-35-33)23-42-32-31(39)30(38)29(37)28(21-36)43-32/h15-20,26-32,36-39H,3-14,21-23H2,1-2H3/b16-15+/t26-,27+,28+,29-,30-,31+,32-/m0/s1. The van der Waals surface area contributed by atoms with Crippen molar-refractivity contribution < 1.29 is 39.4 Å². The summed E-state index contributed by atoms with van der Waals surface area (Å²) in [5.74, 6) is 0.729. The van der Waals surface area contributed by atoms with Crippen molar-refractivity contribution in [1.82, 2.24) is 0 Å². The molecule has 4 N–H and O–H groups in total. The number of azide groups is 1. The fraction of sp³-hybridized carbons (Fsp3) is 0.750. The number of allylic oxidation sites excluding steroid dienone is 1. The van der Waals surface area contributed by atoms with Crippen LogP contribution in [-0.2, 0) is 20.8 Å². The summed E-state index contributed by atoms with van der Waals surface area (Å²) in [6, 6.07) is 6.63. The van der Waals surface area contributed by atoms with Gasteiger partial charge in [0.15, 0.2) is 6.29 Å². The number of methoxy groups -OCH3 is 1. The Morgan fingerprint density at radius 1 is 0.930 bits per heavy atom. The fourth-order valence-electron chi connectivity index (χ4n) is 5.02. The minimum absolute atomic E-state index is 0.192. The molecule has 1 heterocycles. The first-order valence-corrected chi connectivity index (χ1v) is 15.8. The molecule has 43 heavy (non-hydrogen) atoms. The van der Waals surface area contributed by atoms with Crippen LogP contribution in [0.5, 0.6) is 5.75 Å². The van der Waals surface area contributed by atoms with E-state index in [9.17, 15) is 26.0 Å². The lowest BCUT2D eigenvalue weighted by atomic mass is 9.99. The number of ether oxygens (including phenoxy) is 4. The van der Waals surface area contributed by atoms with Crippen molar-refractivity contribution in [3.05, 3.63) is 52.4 Å². The van der Waals surface area contributed by atoms with Gasteiger partial charge in [0, 0.05) is 4.91 Å². The number of nitrogens with zero attached hydrogens (tertiary/aromatic N) is 3. The lowest BCUT2D eigenvalue weighted by Gasteiger charge is -2.40. The van der Waals surface area contributed by atoms with Crippen LogP contribution in [0.2, 0.25) is 0 Å². The van der Waals surface area contributed by atoms with Crippen molar-refractivity contribution in [2.24, 2.45) is 5.11 Å². The second-order valence-electron chi connectivity index (χ2n) is 11.2. The summed E-state index contributed by atoms with van der Waals surface area (Å²) in [7, 11) is 1.60. The molecule has 0 aromatic heterocycles. The van der Waals surface area contributed by atoms with Gasteiger partial charge in [-0.3, -0.25) is 0 Å². The van der Waals surface area contributed by atoms with Gasteiger partial charge < -0.3 is 39.4 Å². The quantitative estimate of drug-likeness (QED) is 0.0426. The molecule has 2 rings (SSSR count). The number of aliphatic hydroxyl groups excluding tert-OH is 4. The molecule has 0 spiro atoms. The zero-order valence-corrected chi connectivity index (χ0v) is 25.9. The third kappa shape index (κ3) is 14.0. The summed E-state index contributed by atoms with van der Waals surface area (Å²) in [4.78, 5) is 2.97. The first kappa shape index (κ1) is 37.0. The smallest absolute Gasteiger partial charge is 0.186 e. The summed E-state index contributed by atoms with van der Waals surface area (Å²) >= 11 is 0. The van der Waals surface area contributed by atoms with Gasteiger partial charge in [-0.05, 0) is 36.1 Å². The number of rotatable bonds is 23. The van der Waals surface area contributed by atoms with Crippen LogP contribution >= 0.6 is 0 Å². The predicted octanol–water partition coefficient (Wildman–Crippen LogP) is 5.33. The molecule has 0 radical (unpaired) electrons. The third-order valence-electron chi connectivity index (χ3n) is 7.76. The van der Waals surface area contributed by atoms with E-state index in [1.165, 1.54) is 57.8 Å². The first-order valence-electron chi connectivity index (χ1n) is 15.8. The monoisotopic (exact) mass is 607 g/mol. The van der Waals surface area contributed by atoms with Crippen molar-refractivity contribution in [2.75, 3.05) is 20.3 Å². The first-order chi connectivity index (χ1) is 20.9. The summed E-state index contributed by atoms with van der Waals surface area (Å²) in [6.45, 7) is 1.73. The molecule has 0 amide bonds. The molecule has 1 saturated heterocycles. The van der Waals surface area contributed by atoms with Crippen LogP contribution in [0.25, 0.3) is 10.4 Å². The van der Waals surface area contributed by atoms with Crippen LogP contribution in [-0.4, -0.2) is 83.6 Å². The molecule has 11 nitrogen and oxygen atoms in total. The van der Waals surface area contributed by atoms with E-state index < -0.39 is 49.5 Å². The van der Waals surface area contributed by atoms with Crippen LogP contribution in [0.15, 0.2) is 41.5 Å². The molecule has 1 aliphatic heterocycles. The van der Waals surface area contributed by atoms with Crippen LogP contribution in [0, 0.1) is 0 Å². The molecule has 11 heteroatoms. The van der Waals surface area contributed by atoms with E-state index in [-0.39, 0.29) is 13.2 Å². The summed E-state index contributed by atoms with van der Waals surface area (Å²) in [5.41, 5.74) is 10.2. The largest absolute Gasteiger partial charge is 0.497 e. The molecule has 1 aromatic rings. The average Bonchev–Trinajstić information content (AvgIpc) is 3.03. The Morgan fingerprint density at radius 2 is 1.56 bits per heavy atom. The normalized spacial score (nSPS) is 23.6. The minimum atomic E-state index is -1.57. The van der Waals surface area contributed by atoms with Gasteiger partial charge in [-0.15, -0.1) is 0 Å². The van der Waals surface area contributed by atoms with E-state index in [1.807, 2.05) is 36.4 Å². The van der Waals surface area contributed by atoms with Crippen LogP contribution in [0.3, 0.4) is 0 Å². The highest BCUT2D eigenvalue weighted by atomic mass is 16.7. The number of benzene rings is 1. The van der Waals surface area contributed by atoms with Gasteiger partial charge in [0.2, 0.25) is 0 Å². The molecule has 0 unspecified atom stereocenters. The Morgan fingerprint density at radius 3 is 2.14 bits per heavy atom. The van der Waals surface area contributed by atoms with E-state index in [0.717, 1.165) is 30.6 Å². The highest BCUT2D eigenvalue weighted by Crippen LogP contribution is 2.23. The van der Waals surface area contributed by atoms with E-state index in [4.69, 9.17) is 18.9 Å². The maximum atomic E-state index is 10.3. The SMILES string of the molecule is CCCCCCCCCCCCC/C=C/[C@@H](OCc1ccc(OC)cc1)[C@H](CO[C@H]1O[C@H](CO)[C@H](O)[C@H](O)[C@H]1O)N=[N+]=[N-]. The molecule has 1 aromatic carbocycles.